The second-order valence-electron chi connectivity index (χ2n) is 13.1. The Balaban J connectivity index is 3.65. The predicted octanol–water partition coefficient (Wildman–Crippen LogP) is 5.26. The van der Waals surface area contributed by atoms with Crippen LogP contribution in [0.15, 0.2) is 4.99 Å². The number of hydrogen-bond donors (Lipinski definition) is 2. The van der Waals surface area contributed by atoms with E-state index in [4.69, 9.17) is 34.8 Å². The Labute approximate surface area is 237 Å². The lowest BCUT2D eigenvalue weighted by Gasteiger charge is -2.61. The van der Waals surface area contributed by atoms with Crippen molar-refractivity contribution in [3.05, 3.63) is 0 Å². The molecule has 1 aliphatic rings. The average molecular weight is 570 g/mol. The maximum Gasteiger partial charge on any atom is 0.313 e. The van der Waals surface area contributed by atoms with Crippen LogP contribution in [0, 0.1) is 27.6 Å². The van der Waals surface area contributed by atoms with Crippen LogP contribution in [0.25, 0.3) is 0 Å². The largest absolute Gasteiger partial charge is 0.469 e. The van der Waals surface area contributed by atoms with Crippen LogP contribution in [0.2, 0.25) is 25.7 Å². The van der Waals surface area contributed by atoms with Crippen molar-refractivity contribution in [1.29, 1.82) is 10.8 Å². The van der Waals surface area contributed by atoms with Crippen LogP contribution in [-0.4, -0.2) is 93.5 Å². The zero-order chi connectivity index (χ0) is 30.4. The summed E-state index contributed by atoms with van der Waals surface area (Å²) >= 11 is 0. The summed E-state index contributed by atoms with van der Waals surface area (Å²) in [7, 11) is 0.0478. The Morgan fingerprint density at radius 3 is 2.28 bits per heavy atom. The van der Waals surface area contributed by atoms with Crippen LogP contribution in [0.1, 0.15) is 62.3 Å². The Hall–Kier alpha value is -1.82. The first-order chi connectivity index (χ1) is 17.8. The van der Waals surface area contributed by atoms with Gasteiger partial charge in [-0.05, 0) is 60.7 Å². The van der Waals surface area contributed by atoms with Gasteiger partial charge in [0, 0.05) is 38.3 Å². The molecule has 0 aromatic rings. The highest BCUT2D eigenvalue weighted by atomic mass is 28.3. The molecule has 1 fully saturated rings. The number of carbonyl (C=O) groups is 1. The number of nitrogens with zero attached hydrogens (tertiary/aromatic N) is 3. The van der Waals surface area contributed by atoms with Crippen molar-refractivity contribution in [3.8, 4) is 0 Å². The fourth-order valence-corrected chi connectivity index (χ4v) is 5.70. The molecule has 11 heteroatoms. The molecule has 1 rings (SSSR count). The second-order valence-corrected chi connectivity index (χ2v) is 18.7. The highest BCUT2D eigenvalue weighted by Crippen LogP contribution is 2.51. The van der Waals surface area contributed by atoms with E-state index in [2.05, 4.69) is 19.6 Å². The number of aliphatic imine (C=N–C) groups is 1. The van der Waals surface area contributed by atoms with E-state index in [1.165, 1.54) is 13.3 Å². The molecule has 0 aliphatic carbocycles. The van der Waals surface area contributed by atoms with E-state index in [0.29, 0.717) is 6.61 Å². The molecule has 39 heavy (non-hydrogen) atoms. The minimum atomic E-state index is -1.32. The van der Waals surface area contributed by atoms with Crippen molar-refractivity contribution in [2.45, 2.75) is 112 Å². The molecule has 0 radical (unpaired) electrons. The molecule has 0 aromatic heterocycles. The van der Waals surface area contributed by atoms with Gasteiger partial charge < -0.3 is 24.4 Å². The molecule has 2 N–H and O–H groups in total. The molecule has 0 spiro atoms. The minimum Gasteiger partial charge on any atom is -0.469 e. The molecule has 0 amide bonds. The van der Waals surface area contributed by atoms with Crippen molar-refractivity contribution >= 4 is 32.5 Å². The van der Waals surface area contributed by atoms with E-state index >= 15 is 0 Å². The number of piperidine rings is 1. The lowest BCUT2D eigenvalue weighted by molar-refractivity contribution is -0.262. The third kappa shape index (κ3) is 8.11. The van der Waals surface area contributed by atoms with E-state index in [1.54, 1.807) is 25.1 Å². The number of hydrogen-bond acceptors (Lipinski definition) is 9. The fraction of sp³-hybridized carbons (Fsp3) is 0.857. The lowest BCUT2D eigenvalue weighted by atomic mass is 9.59. The summed E-state index contributed by atoms with van der Waals surface area (Å²) < 4.78 is 23.6. The zero-order valence-electron chi connectivity index (χ0n) is 26.7. The predicted molar refractivity (Wildman–Crippen MR) is 160 cm³/mol. The summed E-state index contributed by atoms with van der Waals surface area (Å²) in [5, 5.41) is 21.1. The maximum atomic E-state index is 12.5. The van der Waals surface area contributed by atoms with Crippen LogP contribution >= 0.6 is 0 Å². The number of amidine groups is 1. The Kier molecular flexibility index (Phi) is 12.4. The van der Waals surface area contributed by atoms with Crippen LogP contribution in [0.3, 0.4) is 0 Å². The number of rotatable bonds is 13. The number of ether oxygens (including phenoxy) is 4. The molecule has 1 heterocycles. The van der Waals surface area contributed by atoms with E-state index in [9.17, 15) is 4.79 Å². The molecule has 0 saturated carbocycles. The molecule has 226 valence electrons. The SMILES string of the molecule is C/C=N\[C@@]1(C)[C@@H](C)[C@@H](OCC(C)(C)C(=O)OC)N(N(COCC[Si](C)(C)C)C(=N)OC(C)C)C(C)[C@@]1(C)C=N. The van der Waals surface area contributed by atoms with Crippen LogP contribution in [0.4, 0.5) is 0 Å². The minimum absolute atomic E-state index is 0.0622. The molecule has 10 nitrogen and oxygen atoms in total. The first-order valence-corrected chi connectivity index (χ1v) is 17.6. The van der Waals surface area contributed by atoms with Crippen molar-refractivity contribution < 1.29 is 23.7 Å². The second kappa shape index (κ2) is 13.7. The molecular weight excluding hydrogens is 514 g/mol. The zero-order valence-corrected chi connectivity index (χ0v) is 27.7. The van der Waals surface area contributed by atoms with Gasteiger partial charge in [0.2, 0.25) is 0 Å². The first-order valence-electron chi connectivity index (χ1n) is 13.9. The highest BCUT2D eigenvalue weighted by Gasteiger charge is 2.61. The van der Waals surface area contributed by atoms with Gasteiger partial charge in [-0.1, -0.05) is 33.5 Å². The molecule has 5 atom stereocenters. The summed E-state index contributed by atoms with van der Waals surface area (Å²) in [6, 6.07) is 0.579. The molecular formula is C28H55N5O5Si. The van der Waals surface area contributed by atoms with Crippen LogP contribution in [-0.2, 0) is 23.7 Å². The monoisotopic (exact) mass is 569 g/mol. The van der Waals surface area contributed by atoms with Crippen molar-refractivity contribution in [3.63, 3.8) is 0 Å². The van der Waals surface area contributed by atoms with Gasteiger partial charge in [-0.3, -0.25) is 15.2 Å². The van der Waals surface area contributed by atoms with E-state index in [1.807, 2.05) is 53.5 Å². The summed E-state index contributed by atoms with van der Waals surface area (Å²) in [6.45, 7) is 25.0. The third-order valence-corrected chi connectivity index (χ3v) is 9.76. The van der Waals surface area contributed by atoms with Crippen molar-refractivity contribution in [1.82, 2.24) is 10.0 Å². The third-order valence-electron chi connectivity index (χ3n) is 8.05. The van der Waals surface area contributed by atoms with Gasteiger partial charge in [-0.25, -0.2) is 5.01 Å². The standard InChI is InChI=1S/C28H55N5O5Si/c1-14-31-28(9)21(4)23(37-18-26(6,7)24(34)35-10)33(22(5)27(28,8)17-29)32(25(30)38-20(2)3)19-36-15-16-39(11,12)13/h14,17,20-23,29-30H,15-16,18-19H2,1-13H3/b29-17?,30-25?,31-14-/t21-,22?,23+,27+,28-/m0/s1. The molecule has 0 aromatic carbocycles. The summed E-state index contributed by atoms with van der Waals surface area (Å²) in [6.07, 6.45) is 2.40. The number of carbonyl (C=O) groups excluding carboxylic acids is 1. The molecule has 1 unspecified atom stereocenters. The summed E-state index contributed by atoms with van der Waals surface area (Å²) in [5.74, 6) is -0.618. The summed E-state index contributed by atoms with van der Waals surface area (Å²) in [4.78, 5) is 17.4. The van der Waals surface area contributed by atoms with Gasteiger partial charge in [0.15, 0.2) is 0 Å². The topological polar surface area (TPSA) is 121 Å². The smallest absolute Gasteiger partial charge is 0.313 e. The molecule has 0 bridgehead atoms. The number of esters is 1. The first kappa shape index (κ1) is 35.2. The quantitative estimate of drug-likeness (QED) is 0.0775. The Morgan fingerprint density at radius 2 is 1.82 bits per heavy atom. The van der Waals surface area contributed by atoms with Crippen LogP contribution < -0.4 is 0 Å². The number of methoxy groups -OCH3 is 1. The highest BCUT2D eigenvalue weighted by molar-refractivity contribution is 6.76. The van der Waals surface area contributed by atoms with E-state index in [-0.39, 0.29) is 43.4 Å². The van der Waals surface area contributed by atoms with E-state index < -0.39 is 30.7 Å². The summed E-state index contributed by atoms with van der Waals surface area (Å²) in [5.41, 5.74) is -2.33. The van der Waals surface area contributed by atoms with Gasteiger partial charge in [-0.15, -0.1) is 0 Å². The van der Waals surface area contributed by atoms with Gasteiger partial charge in [0.25, 0.3) is 0 Å². The van der Waals surface area contributed by atoms with Gasteiger partial charge in [0.05, 0.1) is 30.8 Å². The molecule has 1 saturated heterocycles. The number of nitrogens with one attached hydrogen (secondary N) is 2. The average Bonchev–Trinajstić information content (AvgIpc) is 2.83. The van der Waals surface area contributed by atoms with Crippen LogP contribution in [0.5, 0.6) is 0 Å². The number of hydrazine groups is 1. The van der Waals surface area contributed by atoms with Crippen molar-refractivity contribution in [2.75, 3.05) is 27.1 Å². The Morgan fingerprint density at radius 1 is 1.23 bits per heavy atom. The normalized spacial score (nSPS) is 28.5. The van der Waals surface area contributed by atoms with Gasteiger partial charge in [0.1, 0.15) is 13.0 Å². The Bertz CT molecular complexity index is 877. The lowest BCUT2D eigenvalue weighted by Crippen LogP contribution is -2.74. The maximum absolute atomic E-state index is 12.5. The van der Waals surface area contributed by atoms with Gasteiger partial charge >= 0.3 is 12.0 Å². The molecule has 1 aliphatic heterocycles. The fourth-order valence-electron chi connectivity index (χ4n) is 4.95. The van der Waals surface area contributed by atoms with Crippen molar-refractivity contribution in [2.24, 2.45) is 21.7 Å². The van der Waals surface area contributed by atoms with E-state index in [0.717, 1.165) is 6.04 Å². The van der Waals surface area contributed by atoms with Gasteiger partial charge in [-0.2, -0.15) is 5.01 Å².